The minimum Gasteiger partial charge on any atom is -0.452 e. The molecule has 2 aromatic heterocycles. The number of anilines is 1. The lowest BCUT2D eigenvalue weighted by Gasteiger charge is -2.09. The molecular formula is C21H14Cl2N4O3. The van der Waals surface area contributed by atoms with E-state index in [1.165, 1.54) is 0 Å². The topological polar surface area (TPSA) is 97.0 Å². The van der Waals surface area contributed by atoms with Crippen molar-refractivity contribution in [2.45, 2.75) is 0 Å². The molecule has 0 radical (unpaired) electrons. The molecule has 150 valence electrons. The first-order chi connectivity index (χ1) is 14.5. The Morgan fingerprint density at radius 1 is 1.10 bits per heavy atom. The van der Waals surface area contributed by atoms with E-state index >= 15 is 0 Å². The van der Waals surface area contributed by atoms with E-state index in [-0.39, 0.29) is 10.6 Å². The number of aromatic amines is 1. The van der Waals surface area contributed by atoms with Crippen LogP contribution in [0.4, 0.5) is 5.69 Å². The number of hydrogen-bond acceptors (Lipinski definition) is 5. The first-order valence-electron chi connectivity index (χ1n) is 8.82. The lowest BCUT2D eigenvalue weighted by molar-refractivity contribution is -0.119. The summed E-state index contributed by atoms with van der Waals surface area (Å²) in [4.78, 5) is 36.1. The number of aromatic nitrogens is 3. The average molecular weight is 441 g/mol. The van der Waals surface area contributed by atoms with Gasteiger partial charge < -0.3 is 15.0 Å². The van der Waals surface area contributed by atoms with E-state index in [1.54, 1.807) is 48.8 Å². The van der Waals surface area contributed by atoms with Gasteiger partial charge in [-0.05, 0) is 42.5 Å². The number of benzene rings is 2. The van der Waals surface area contributed by atoms with Crippen LogP contribution >= 0.6 is 23.2 Å². The highest BCUT2D eigenvalue weighted by Gasteiger charge is 2.14. The molecule has 0 unspecified atom stereocenters. The predicted molar refractivity (Wildman–Crippen MR) is 115 cm³/mol. The number of nitrogens with zero attached hydrogens (tertiary/aromatic N) is 2. The SMILES string of the molecule is O=C(COC(=O)c1ccc2nc(-c3cccnc3)[nH]c2c1)Nc1cccc(Cl)c1Cl. The molecule has 0 aliphatic rings. The van der Waals surface area contributed by atoms with Gasteiger partial charge in [0.2, 0.25) is 0 Å². The fraction of sp³-hybridized carbons (Fsp3) is 0.0476. The zero-order chi connectivity index (χ0) is 21.1. The molecule has 4 rings (SSSR count). The highest BCUT2D eigenvalue weighted by Crippen LogP contribution is 2.29. The second-order valence-electron chi connectivity index (χ2n) is 6.28. The van der Waals surface area contributed by atoms with Crippen molar-refractivity contribution < 1.29 is 14.3 Å². The fourth-order valence-corrected chi connectivity index (χ4v) is 3.12. The van der Waals surface area contributed by atoms with Gasteiger partial charge in [0.1, 0.15) is 5.82 Å². The van der Waals surface area contributed by atoms with Gasteiger partial charge in [-0.1, -0.05) is 29.3 Å². The third-order valence-electron chi connectivity index (χ3n) is 4.21. The Hall–Kier alpha value is -3.42. The number of halogens is 2. The van der Waals surface area contributed by atoms with Crippen molar-refractivity contribution in [3.8, 4) is 11.4 Å². The van der Waals surface area contributed by atoms with E-state index in [2.05, 4.69) is 20.3 Å². The van der Waals surface area contributed by atoms with Crippen LogP contribution in [-0.4, -0.2) is 33.4 Å². The normalized spacial score (nSPS) is 10.7. The standard InChI is InChI=1S/C21H14Cl2N4O3/c22-14-4-1-5-16(19(14)23)25-18(28)11-30-21(29)12-6-7-15-17(9-12)27-20(26-15)13-3-2-8-24-10-13/h1-10H,11H2,(H,25,28)(H,26,27). The molecule has 2 N–H and O–H groups in total. The summed E-state index contributed by atoms with van der Waals surface area (Å²) in [5.74, 6) is -0.530. The Kier molecular flexibility index (Phi) is 5.65. The number of rotatable bonds is 5. The van der Waals surface area contributed by atoms with Crippen LogP contribution in [0.2, 0.25) is 10.0 Å². The van der Waals surface area contributed by atoms with Crippen molar-refractivity contribution in [2.24, 2.45) is 0 Å². The third-order valence-corrected chi connectivity index (χ3v) is 5.03. The number of amides is 1. The molecule has 0 fully saturated rings. The van der Waals surface area contributed by atoms with Gasteiger partial charge in [0.05, 0.1) is 32.3 Å². The summed E-state index contributed by atoms with van der Waals surface area (Å²) in [5.41, 5.74) is 2.82. The van der Waals surface area contributed by atoms with E-state index in [0.717, 1.165) is 5.56 Å². The summed E-state index contributed by atoms with van der Waals surface area (Å²) >= 11 is 11.9. The number of fused-ring (bicyclic) bond motifs is 1. The first-order valence-corrected chi connectivity index (χ1v) is 9.58. The summed E-state index contributed by atoms with van der Waals surface area (Å²) in [7, 11) is 0. The smallest absolute Gasteiger partial charge is 0.338 e. The molecule has 30 heavy (non-hydrogen) atoms. The van der Waals surface area contributed by atoms with Crippen LogP contribution in [0.25, 0.3) is 22.4 Å². The predicted octanol–water partition coefficient (Wildman–Crippen LogP) is 4.73. The minimum absolute atomic E-state index is 0.216. The van der Waals surface area contributed by atoms with Crippen LogP contribution in [0, 0.1) is 0 Å². The zero-order valence-electron chi connectivity index (χ0n) is 15.4. The molecular weight excluding hydrogens is 427 g/mol. The van der Waals surface area contributed by atoms with E-state index in [0.29, 0.717) is 27.6 Å². The quantitative estimate of drug-likeness (QED) is 0.437. The molecule has 7 nitrogen and oxygen atoms in total. The highest BCUT2D eigenvalue weighted by molar-refractivity contribution is 6.44. The number of esters is 1. The number of pyridine rings is 1. The van der Waals surface area contributed by atoms with Gasteiger partial charge in [-0.2, -0.15) is 0 Å². The molecule has 0 bridgehead atoms. The second-order valence-corrected chi connectivity index (χ2v) is 7.07. The largest absolute Gasteiger partial charge is 0.452 e. The maximum absolute atomic E-state index is 12.3. The number of ether oxygens (including phenoxy) is 1. The van der Waals surface area contributed by atoms with Crippen LogP contribution in [0.1, 0.15) is 10.4 Å². The van der Waals surface area contributed by atoms with Gasteiger partial charge in [-0.25, -0.2) is 9.78 Å². The number of hydrogen-bond donors (Lipinski definition) is 2. The van der Waals surface area contributed by atoms with Gasteiger partial charge in [-0.15, -0.1) is 0 Å². The molecule has 1 amide bonds. The van der Waals surface area contributed by atoms with Crippen molar-refractivity contribution in [3.63, 3.8) is 0 Å². The molecule has 2 aromatic carbocycles. The Bertz CT molecular complexity index is 1240. The van der Waals surface area contributed by atoms with Crippen molar-refractivity contribution >= 4 is 51.8 Å². The van der Waals surface area contributed by atoms with Gasteiger partial charge >= 0.3 is 5.97 Å². The monoisotopic (exact) mass is 440 g/mol. The lowest BCUT2D eigenvalue weighted by atomic mass is 10.2. The summed E-state index contributed by atoms with van der Waals surface area (Å²) in [6.07, 6.45) is 3.37. The number of nitrogens with one attached hydrogen (secondary N) is 2. The molecule has 0 aliphatic carbocycles. The summed E-state index contributed by atoms with van der Waals surface area (Å²) < 4.78 is 5.10. The van der Waals surface area contributed by atoms with Crippen molar-refractivity contribution in [1.29, 1.82) is 0 Å². The fourth-order valence-electron chi connectivity index (χ4n) is 2.78. The maximum Gasteiger partial charge on any atom is 0.338 e. The molecule has 0 saturated heterocycles. The summed E-state index contributed by atoms with van der Waals surface area (Å²) in [5, 5.41) is 3.08. The van der Waals surface area contributed by atoms with Gasteiger partial charge in [0.15, 0.2) is 6.61 Å². The Morgan fingerprint density at radius 2 is 1.97 bits per heavy atom. The molecule has 0 saturated carbocycles. The average Bonchev–Trinajstić information content (AvgIpc) is 3.19. The van der Waals surface area contributed by atoms with E-state index in [1.807, 2.05) is 12.1 Å². The van der Waals surface area contributed by atoms with E-state index < -0.39 is 18.5 Å². The summed E-state index contributed by atoms with van der Waals surface area (Å²) in [6.45, 7) is -0.469. The molecule has 9 heteroatoms. The van der Waals surface area contributed by atoms with Gasteiger partial charge in [-0.3, -0.25) is 9.78 Å². The van der Waals surface area contributed by atoms with Gasteiger partial charge in [0, 0.05) is 18.0 Å². The van der Waals surface area contributed by atoms with E-state index in [9.17, 15) is 9.59 Å². The van der Waals surface area contributed by atoms with E-state index in [4.69, 9.17) is 27.9 Å². The highest BCUT2D eigenvalue weighted by atomic mass is 35.5. The Morgan fingerprint density at radius 3 is 2.77 bits per heavy atom. The Balaban J connectivity index is 1.43. The number of carbonyl (C=O) groups excluding carboxylic acids is 2. The van der Waals surface area contributed by atoms with Crippen LogP contribution in [0.5, 0.6) is 0 Å². The molecule has 0 atom stereocenters. The minimum atomic E-state index is -0.637. The number of imidazole rings is 1. The maximum atomic E-state index is 12.3. The summed E-state index contributed by atoms with van der Waals surface area (Å²) in [6, 6.07) is 13.5. The lowest BCUT2D eigenvalue weighted by Crippen LogP contribution is -2.21. The van der Waals surface area contributed by atoms with Gasteiger partial charge in [0.25, 0.3) is 5.91 Å². The number of H-pyrrole nitrogens is 1. The number of carbonyl (C=O) groups is 2. The molecule has 2 heterocycles. The van der Waals surface area contributed by atoms with Crippen LogP contribution in [-0.2, 0) is 9.53 Å². The first kappa shape index (κ1) is 19.9. The zero-order valence-corrected chi connectivity index (χ0v) is 16.9. The van der Waals surface area contributed by atoms with Crippen LogP contribution in [0.3, 0.4) is 0 Å². The third kappa shape index (κ3) is 4.27. The second kappa shape index (κ2) is 8.52. The molecule has 0 aliphatic heterocycles. The molecule has 4 aromatic rings. The van der Waals surface area contributed by atoms with Crippen molar-refractivity contribution in [3.05, 3.63) is 76.5 Å². The van der Waals surface area contributed by atoms with Crippen LogP contribution in [0.15, 0.2) is 60.9 Å². The Labute approximate surface area is 181 Å². The molecule has 0 spiro atoms. The van der Waals surface area contributed by atoms with Crippen LogP contribution < -0.4 is 5.32 Å². The van der Waals surface area contributed by atoms with Crippen molar-refractivity contribution in [2.75, 3.05) is 11.9 Å². The van der Waals surface area contributed by atoms with Crippen molar-refractivity contribution in [1.82, 2.24) is 15.0 Å².